The molecule has 0 aliphatic carbocycles. The molecule has 0 unspecified atom stereocenters. The zero-order chi connectivity index (χ0) is 23.9. The van der Waals surface area contributed by atoms with Gasteiger partial charge in [-0.3, -0.25) is 0 Å². The number of anilines is 3. The number of hydrogen-bond acceptors (Lipinski definition) is 9. The molecule has 35 heavy (non-hydrogen) atoms. The fourth-order valence-electron chi connectivity index (χ4n) is 3.93. The highest BCUT2D eigenvalue weighted by Crippen LogP contribution is 2.21. The molecule has 10 heteroatoms. The summed E-state index contributed by atoms with van der Waals surface area (Å²) in [5.74, 6) is 2.57. The Morgan fingerprint density at radius 1 is 0.886 bits per heavy atom. The molecule has 0 spiro atoms. The first-order valence-corrected chi connectivity index (χ1v) is 12.2. The first-order chi connectivity index (χ1) is 17.2. The maximum Gasteiger partial charge on any atom is 0.250 e. The molecule has 9 nitrogen and oxygen atoms in total. The number of rotatable bonds is 8. The van der Waals surface area contributed by atoms with Crippen molar-refractivity contribution in [2.45, 2.75) is 19.4 Å². The minimum atomic E-state index is 0.433. The van der Waals surface area contributed by atoms with Crippen LogP contribution in [0.15, 0.2) is 53.6 Å². The van der Waals surface area contributed by atoms with Gasteiger partial charge < -0.3 is 19.3 Å². The monoisotopic (exact) mass is 493 g/mol. The lowest BCUT2D eigenvalue weighted by molar-refractivity contribution is 0.122. The smallest absolute Gasteiger partial charge is 0.250 e. The van der Waals surface area contributed by atoms with Crippen LogP contribution in [0.4, 0.5) is 17.8 Å². The van der Waals surface area contributed by atoms with Crippen LogP contribution >= 0.6 is 11.6 Å². The summed E-state index contributed by atoms with van der Waals surface area (Å²) in [5.41, 5.74) is 4.97. The molecule has 2 fully saturated rings. The molecule has 2 saturated heterocycles. The normalized spacial score (nSPS) is 16.1. The molecule has 2 aliphatic rings. The number of nitrogens with zero attached hydrogens (tertiary/aromatic N) is 6. The molecule has 2 aliphatic heterocycles. The summed E-state index contributed by atoms with van der Waals surface area (Å²) in [6, 6.07) is 15.4. The van der Waals surface area contributed by atoms with Gasteiger partial charge in [-0.15, -0.1) is 0 Å². The van der Waals surface area contributed by atoms with Gasteiger partial charge in [0.1, 0.15) is 12.4 Å². The highest BCUT2D eigenvalue weighted by Gasteiger charge is 2.21. The lowest BCUT2D eigenvalue weighted by Gasteiger charge is -2.27. The summed E-state index contributed by atoms with van der Waals surface area (Å²) in [4.78, 5) is 18.3. The van der Waals surface area contributed by atoms with E-state index in [1.165, 1.54) is 0 Å². The van der Waals surface area contributed by atoms with Gasteiger partial charge in [0, 0.05) is 31.2 Å². The van der Waals surface area contributed by atoms with Crippen LogP contribution in [0.1, 0.15) is 24.0 Å². The van der Waals surface area contributed by atoms with Gasteiger partial charge in [-0.1, -0.05) is 23.7 Å². The van der Waals surface area contributed by atoms with E-state index in [9.17, 15) is 0 Å². The molecule has 0 saturated carbocycles. The van der Waals surface area contributed by atoms with Crippen molar-refractivity contribution in [3.8, 4) is 5.75 Å². The standard InChI is InChI=1S/C25H28ClN7O2/c26-21-7-3-20(4-8-21)18-35-22-9-5-19(6-10-22)17-27-31-23-28-24(32-11-1-2-12-32)30-25(29-23)33-13-15-34-16-14-33/h3-10,17H,1-2,11-16,18H2,(H,28,29,30,31). The topological polar surface area (TPSA) is 88.0 Å². The predicted octanol–water partition coefficient (Wildman–Crippen LogP) is 3.99. The average Bonchev–Trinajstić information content (AvgIpc) is 3.45. The predicted molar refractivity (Wildman–Crippen MR) is 138 cm³/mol. The number of nitrogens with one attached hydrogen (secondary N) is 1. The van der Waals surface area contributed by atoms with Crippen molar-refractivity contribution in [2.24, 2.45) is 5.10 Å². The van der Waals surface area contributed by atoms with Gasteiger partial charge >= 0.3 is 0 Å². The van der Waals surface area contributed by atoms with Gasteiger partial charge in [0.2, 0.25) is 17.8 Å². The molecule has 3 heterocycles. The molecular weight excluding hydrogens is 466 g/mol. The second-order valence-electron chi connectivity index (χ2n) is 8.41. The molecule has 182 valence electrons. The van der Waals surface area contributed by atoms with E-state index in [0.717, 1.165) is 55.9 Å². The molecular formula is C25H28ClN7O2. The third-order valence-electron chi connectivity index (χ3n) is 5.87. The van der Waals surface area contributed by atoms with E-state index < -0.39 is 0 Å². The van der Waals surface area contributed by atoms with Crippen molar-refractivity contribution >= 4 is 35.7 Å². The number of hydrogen-bond donors (Lipinski definition) is 1. The maximum absolute atomic E-state index is 5.93. The molecule has 0 bridgehead atoms. The molecule has 3 aromatic rings. The fourth-order valence-corrected chi connectivity index (χ4v) is 4.06. The van der Waals surface area contributed by atoms with E-state index in [1.807, 2.05) is 48.5 Å². The van der Waals surface area contributed by atoms with Gasteiger partial charge in [0.15, 0.2) is 0 Å². The van der Waals surface area contributed by atoms with Gasteiger partial charge in [-0.25, -0.2) is 5.43 Å². The number of halogens is 1. The molecule has 0 atom stereocenters. The van der Waals surface area contributed by atoms with Crippen molar-refractivity contribution in [1.29, 1.82) is 0 Å². The van der Waals surface area contributed by atoms with Crippen LogP contribution in [0.25, 0.3) is 0 Å². The number of benzene rings is 2. The summed E-state index contributed by atoms with van der Waals surface area (Å²) in [7, 11) is 0. The first-order valence-electron chi connectivity index (χ1n) is 11.8. The third-order valence-corrected chi connectivity index (χ3v) is 6.12. The lowest BCUT2D eigenvalue weighted by atomic mass is 10.2. The van der Waals surface area contributed by atoms with Crippen molar-refractivity contribution < 1.29 is 9.47 Å². The maximum atomic E-state index is 5.93. The van der Waals surface area contributed by atoms with Crippen LogP contribution in [-0.4, -0.2) is 60.6 Å². The molecule has 2 aromatic carbocycles. The van der Waals surface area contributed by atoms with Crippen molar-refractivity contribution in [1.82, 2.24) is 15.0 Å². The molecule has 1 N–H and O–H groups in total. The Morgan fingerprint density at radius 3 is 2.23 bits per heavy atom. The van der Waals surface area contributed by atoms with Gasteiger partial charge in [-0.05, 0) is 60.4 Å². The van der Waals surface area contributed by atoms with E-state index >= 15 is 0 Å². The highest BCUT2D eigenvalue weighted by atomic mass is 35.5. The largest absolute Gasteiger partial charge is 0.489 e. The van der Waals surface area contributed by atoms with Crippen LogP contribution in [-0.2, 0) is 11.3 Å². The van der Waals surface area contributed by atoms with Crippen molar-refractivity contribution in [3.63, 3.8) is 0 Å². The highest BCUT2D eigenvalue weighted by molar-refractivity contribution is 6.30. The van der Waals surface area contributed by atoms with Crippen LogP contribution in [0.2, 0.25) is 5.02 Å². The summed E-state index contributed by atoms with van der Waals surface area (Å²) in [6.45, 7) is 5.27. The van der Waals surface area contributed by atoms with E-state index in [0.29, 0.717) is 42.7 Å². The van der Waals surface area contributed by atoms with Gasteiger partial charge in [0.05, 0.1) is 19.4 Å². The van der Waals surface area contributed by atoms with E-state index in [1.54, 1.807) is 6.21 Å². The third kappa shape index (κ3) is 6.37. The fraction of sp³-hybridized carbons (Fsp3) is 0.360. The number of hydrazone groups is 1. The minimum Gasteiger partial charge on any atom is -0.489 e. The van der Waals surface area contributed by atoms with Gasteiger partial charge in [0.25, 0.3) is 0 Å². The summed E-state index contributed by atoms with van der Waals surface area (Å²) in [6.07, 6.45) is 4.04. The summed E-state index contributed by atoms with van der Waals surface area (Å²) >= 11 is 5.93. The second-order valence-corrected chi connectivity index (χ2v) is 8.84. The quantitative estimate of drug-likeness (QED) is 0.372. The summed E-state index contributed by atoms with van der Waals surface area (Å²) in [5, 5.41) is 5.07. The lowest BCUT2D eigenvalue weighted by Crippen LogP contribution is -2.38. The van der Waals surface area contributed by atoms with Gasteiger partial charge in [-0.2, -0.15) is 20.1 Å². The Hall–Kier alpha value is -3.43. The SMILES string of the molecule is Clc1ccc(COc2ccc(C=NNc3nc(N4CCCC4)nc(N4CCOCC4)n3)cc2)cc1. The van der Waals surface area contributed by atoms with E-state index in [2.05, 4.69) is 30.3 Å². The van der Waals surface area contributed by atoms with Crippen LogP contribution in [0, 0.1) is 0 Å². The van der Waals surface area contributed by atoms with Crippen molar-refractivity contribution in [3.05, 3.63) is 64.7 Å². The molecule has 5 rings (SSSR count). The Labute approximate surface area is 209 Å². The first kappa shape index (κ1) is 23.3. The minimum absolute atomic E-state index is 0.433. The van der Waals surface area contributed by atoms with E-state index in [4.69, 9.17) is 26.1 Å². The Balaban J connectivity index is 1.22. The number of ether oxygens (including phenoxy) is 2. The summed E-state index contributed by atoms with van der Waals surface area (Å²) < 4.78 is 11.3. The zero-order valence-corrected chi connectivity index (χ0v) is 20.2. The molecule has 0 amide bonds. The second kappa shape index (κ2) is 11.3. The van der Waals surface area contributed by atoms with Crippen LogP contribution < -0.4 is 20.0 Å². The average molecular weight is 494 g/mol. The number of morpholine rings is 1. The Bertz CT molecular complexity index is 1130. The Morgan fingerprint density at radius 2 is 1.54 bits per heavy atom. The molecule has 1 aromatic heterocycles. The van der Waals surface area contributed by atoms with E-state index in [-0.39, 0.29) is 0 Å². The van der Waals surface area contributed by atoms with Crippen molar-refractivity contribution in [2.75, 3.05) is 54.6 Å². The Kier molecular flexibility index (Phi) is 7.55. The van der Waals surface area contributed by atoms with Crippen LogP contribution in [0.3, 0.4) is 0 Å². The zero-order valence-electron chi connectivity index (χ0n) is 19.4. The molecule has 0 radical (unpaired) electrons. The van der Waals surface area contributed by atoms with Crippen LogP contribution in [0.5, 0.6) is 5.75 Å². The number of aromatic nitrogens is 3.